The third-order valence-corrected chi connectivity index (χ3v) is 7.79. The van der Waals surface area contributed by atoms with Crippen molar-refractivity contribution in [2.75, 3.05) is 32.7 Å². The number of nitrogens with one attached hydrogen (secondary N) is 1. The first kappa shape index (κ1) is 29.4. The average molecular weight is 537 g/mol. The molecular formula is C28H42ClFN4O3. The van der Waals surface area contributed by atoms with Gasteiger partial charge in [0.1, 0.15) is 11.9 Å². The van der Waals surface area contributed by atoms with Gasteiger partial charge in [0, 0.05) is 62.2 Å². The van der Waals surface area contributed by atoms with Gasteiger partial charge in [0.15, 0.2) is 0 Å². The van der Waals surface area contributed by atoms with Crippen molar-refractivity contribution in [3.05, 3.63) is 34.6 Å². The molecule has 2 heterocycles. The van der Waals surface area contributed by atoms with Gasteiger partial charge in [0.25, 0.3) is 0 Å². The summed E-state index contributed by atoms with van der Waals surface area (Å²) in [5.41, 5.74) is 0.354. The Kier molecular flexibility index (Phi) is 9.27. The molecule has 1 aromatic carbocycles. The van der Waals surface area contributed by atoms with Gasteiger partial charge in [-0.1, -0.05) is 31.5 Å². The number of carbonyl (C=O) groups is 3. The maximum atomic E-state index is 15.0. The molecule has 0 aliphatic carbocycles. The number of likely N-dealkylation sites (tertiary alicyclic amines) is 1. The molecule has 3 rings (SSSR count). The fourth-order valence-electron chi connectivity index (χ4n) is 5.58. The summed E-state index contributed by atoms with van der Waals surface area (Å²) in [4.78, 5) is 44.7. The molecular weight excluding hydrogens is 495 g/mol. The van der Waals surface area contributed by atoms with Gasteiger partial charge in [0.2, 0.25) is 17.7 Å². The summed E-state index contributed by atoms with van der Waals surface area (Å²) in [5, 5.41) is 3.13. The Balaban J connectivity index is 1.77. The summed E-state index contributed by atoms with van der Waals surface area (Å²) in [6.07, 6.45) is 0.559. The highest BCUT2D eigenvalue weighted by Gasteiger charge is 2.45. The van der Waals surface area contributed by atoms with Gasteiger partial charge in [-0.3, -0.25) is 19.3 Å². The van der Waals surface area contributed by atoms with Gasteiger partial charge in [-0.15, -0.1) is 0 Å². The molecule has 9 heteroatoms. The van der Waals surface area contributed by atoms with E-state index in [1.165, 1.54) is 13.0 Å². The molecule has 1 N–H and O–H groups in total. The number of hydrogen-bond donors (Lipinski definition) is 1. The lowest BCUT2D eigenvalue weighted by molar-refractivity contribution is -0.146. The second-order valence-corrected chi connectivity index (χ2v) is 12.4. The summed E-state index contributed by atoms with van der Waals surface area (Å²) in [6, 6.07) is 3.92. The minimum Gasteiger partial charge on any atom is -0.345 e. The number of hydrogen-bond acceptors (Lipinski definition) is 4. The van der Waals surface area contributed by atoms with Crippen LogP contribution in [-0.4, -0.2) is 82.8 Å². The standard InChI is InChI=1S/C28H42ClFN4O3/c1-17(2)12-25(31-19(4)35)27(37)34-11-10-32(14-18(34)3)26(36)23-16-33(28(5,6)7)15-22(23)21-9-8-20(29)13-24(21)30/h8-9,13,17-18,22-23,25H,10-12,14-16H2,1-7H3,(H,31,35)/t18-,22+,23-,25?/m1/s1. The molecule has 37 heavy (non-hydrogen) atoms. The second kappa shape index (κ2) is 11.7. The molecule has 3 amide bonds. The van der Waals surface area contributed by atoms with E-state index in [1.54, 1.807) is 17.0 Å². The van der Waals surface area contributed by atoms with Gasteiger partial charge < -0.3 is 15.1 Å². The Morgan fingerprint density at radius 3 is 2.35 bits per heavy atom. The molecule has 2 aliphatic rings. The van der Waals surface area contributed by atoms with Crippen LogP contribution in [0.15, 0.2) is 18.2 Å². The number of nitrogens with zero attached hydrogens (tertiary/aromatic N) is 3. The molecule has 0 aromatic heterocycles. The van der Waals surface area contributed by atoms with Crippen LogP contribution in [0.3, 0.4) is 0 Å². The van der Waals surface area contributed by atoms with E-state index in [9.17, 15) is 18.8 Å². The Morgan fingerprint density at radius 1 is 1.14 bits per heavy atom. The van der Waals surface area contributed by atoms with Gasteiger partial charge in [-0.25, -0.2) is 4.39 Å². The van der Waals surface area contributed by atoms with Crippen LogP contribution in [0.25, 0.3) is 0 Å². The maximum absolute atomic E-state index is 15.0. The first-order valence-corrected chi connectivity index (χ1v) is 13.6. The Morgan fingerprint density at radius 2 is 1.81 bits per heavy atom. The van der Waals surface area contributed by atoms with Crippen molar-refractivity contribution in [3.8, 4) is 0 Å². The Bertz CT molecular complexity index is 1010. The molecule has 1 unspecified atom stereocenters. The monoisotopic (exact) mass is 536 g/mol. The SMILES string of the molecule is CC(=O)NC(CC(C)C)C(=O)N1CCN(C(=O)[C@@H]2CN(C(C)(C)C)C[C@H]2c2ccc(Cl)cc2F)C[C@H]1C. The molecule has 4 atom stereocenters. The van der Waals surface area contributed by atoms with E-state index in [2.05, 4.69) is 31.0 Å². The first-order chi connectivity index (χ1) is 17.2. The summed E-state index contributed by atoms with van der Waals surface area (Å²) in [6.45, 7) is 16.0. The van der Waals surface area contributed by atoms with Crippen molar-refractivity contribution in [2.45, 2.75) is 78.4 Å². The minimum atomic E-state index is -0.574. The van der Waals surface area contributed by atoms with Gasteiger partial charge in [-0.05, 0) is 57.7 Å². The lowest BCUT2D eigenvalue weighted by Gasteiger charge is -2.42. The van der Waals surface area contributed by atoms with E-state index in [0.717, 1.165) is 0 Å². The summed E-state index contributed by atoms with van der Waals surface area (Å²) < 4.78 is 15.0. The smallest absolute Gasteiger partial charge is 0.245 e. The maximum Gasteiger partial charge on any atom is 0.245 e. The second-order valence-electron chi connectivity index (χ2n) is 12.0. The van der Waals surface area contributed by atoms with Crippen LogP contribution in [0.4, 0.5) is 4.39 Å². The fraction of sp³-hybridized carbons (Fsp3) is 0.679. The lowest BCUT2D eigenvalue weighted by Crippen LogP contribution is -2.60. The predicted molar refractivity (Wildman–Crippen MR) is 144 cm³/mol. The van der Waals surface area contributed by atoms with E-state index < -0.39 is 12.0 Å². The van der Waals surface area contributed by atoms with Crippen LogP contribution in [0, 0.1) is 17.7 Å². The Hall–Kier alpha value is -2.19. The van der Waals surface area contributed by atoms with Gasteiger partial charge >= 0.3 is 0 Å². The van der Waals surface area contributed by atoms with E-state index >= 15 is 0 Å². The van der Waals surface area contributed by atoms with Crippen LogP contribution in [-0.2, 0) is 14.4 Å². The highest BCUT2D eigenvalue weighted by molar-refractivity contribution is 6.30. The number of rotatable bonds is 6. The van der Waals surface area contributed by atoms with E-state index in [0.29, 0.717) is 49.7 Å². The largest absolute Gasteiger partial charge is 0.345 e. The number of carbonyl (C=O) groups excluding carboxylic acids is 3. The average Bonchev–Trinajstić information content (AvgIpc) is 3.22. The van der Waals surface area contributed by atoms with Crippen LogP contribution in [0.5, 0.6) is 0 Å². The van der Waals surface area contributed by atoms with Crippen molar-refractivity contribution in [3.63, 3.8) is 0 Å². The van der Waals surface area contributed by atoms with Crippen LogP contribution >= 0.6 is 11.6 Å². The third-order valence-electron chi connectivity index (χ3n) is 7.55. The van der Waals surface area contributed by atoms with Crippen molar-refractivity contribution in [2.24, 2.45) is 11.8 Å². The molecule has 0 radical (unpaired) electrons. The zero-order valence-electron chi connectivity index (χ0n) is 23.2. The van der Waals surface area contributed by atoms with Crippen LogP contribution in [0.1, 0.15) is 66.4 Å². The van der Waals surface area contributed by atoms with Crippen molar-refractivity contribution in [1.29, 1.82) is 0 Å². The van der Waals surface area contributed by atoms with Crippen molar-refractivity contribution < 1.29 is 18.8 Å². The van der Waals surface area contributed by atoms with E-state index in [1.807, 2.05) is 25.7 Å². The van der Waals surface area contributed by atoms with Crippen molar-refractivity contribution >= 4 is 29.3 Å². The molecule has 2 saturated heterocycles. The number of amides is 3. The van der Waals surface area contributed by atoms with E-state index in [-0.39, 0.29) is 47.0 Å². The topological polar surface area (TPSA) is 73.0 Å². The molecule has 7 nitrogen and oxygen atoms in total. The summed E-state index contributed by atoms with van der Waals surface area (Å²) >= 11 is 6.00. The summed E-state index contributed by atoms with van der Waals surface area (Å²) in [7, 11) is 0. The number of piperazine rings is 1. The highest BCUT2D eigenvalue weighted by atomic mass is 35.5. The van der Waals surface area contributed by atoms with Crippen LogP contribution < -0.4 is 5.32 Å². The normalized spacial score (nSPS) is 23.9. The summed E-state index contributed by atoms with van der Waals surface area (Å²) in [5.74, 6) is -1.16. The zero-order chi connectivity index (χ0) is 27.7. The first-order valence-electron chi connectivity index (χ1n) is 13.2. The lowest BCUT2D eigenvalue weighted by atomic mass is 9.87. The van der Waals surface area contributed by atoms with E-state index in [4.69, 9.17) is 11.6 Å². The molecule has 206 valence electrons. The minimum absolute atomic E-state index is 0.00867. The quantitative estimate of drug-likeness (QED) is 0.598. The zero-order valence-corrected chi connectivity index (χ0v) is 23.9. The fourth-order valence-corrected chi connectivity index (χ4v) is 5.74. The molecule has 2 fully saturated rings. The predicted octanol–water partition coefficient (Wildman–Crippen LogP) is 3.90. The molecule has 0 saturated carbocycles. The van der Waals surface area contributed by atoms with Gasteiger partial charge in [0.05, 0.1) is 5.92 Å². The third kappa shape index (κ3) is 7.02. The van der Waals surface area contributed by atoms with Crippen molar-refractivity contribution in [1.82, 2.24) is 20.0 Å². The molecule has 0 bridgehead atoms. The number of halogens is 2. The Labute approximate surface area is 225 Å². The highest BCUT2D eigenvalue weighted by Crippen LogP contribution is 2.39. The molecule has 0 spiro atoms. The van der Waals surface area contributed by atoms with Crippen LogP contribution in [0.2, 0.25) is 5.02 Å². The molecule has 1 aromatic rings. The van der Waals surface area contributed by atoms with Gasteiger partial charge in [-0.2, -0.15) is 0 Å². The number of benzene rings is 1. The molecule has 2 aliphatic heterocycles.